The molecule has 0 spiro atoms. The fourth-order valence-corrected chi connectivity index (χ4v) is 4.41. The lowest BCUT2D eigenvalue weighted by Crippen LogP contribution is -2.33. The van der Waals surface area contributed by atoms with E-state index in [-0.39, 0.29) is 4.32 Å². The number of hydrogen-bond acceptors (Lipinski definition) is 4. The molecule has 2 aromatic rings. The number of carboxylic acid groups (broad SMARTS) is 1. The second-order valence-corrected chi connectivity index (χ2v) is 8.41. The Morgan fingerprint density at radius 1 is 1.26 bits per heavy atom. The number of thioether (sulfide) groups is 1. The first-order valence-corrected chi connectivity index (χ1v) is 9.78. The number of carbonyl (C=O) groups excluding carboxylic acids is 1. The molecule has 1 aliphatic heterocycles. The van der Waals surface area contributed by atoms with Gasteiger partial charge in [-0.15, -0.1) is 0 Å². The van der Waals surface area contributed by atoms with Crippen molar-refractivity contribution in [3.8, 4) is 5.69 Å². The normalized spacial score (nSPS) is 15.9. The van der Waals surface area contributed by atoms with Gasteiger partial charge in [0.15, 0.2) is 0 Å². The molecule has 9 heteroatoms. The fourth-order valence-electron chi connectivity index (χ4n) is 2.87. The van der Waals surface area contributed by atoms with Crippen LogP contribution in [0, 0.1) is 13.8 Å². The molecular formula is C18H14Cl2N2O3S2. The highest BCUT2D eigenvalue weighted by Gasteiger charge is 2.33. The van der Waals surface area contributed by atoms with E-state index in [1.165, 1.54) is 0 Å². The van der Waals surface area contributed by atoms with Gasteiger partial charge in [-0.1, -0.05) is 47.2 Å². The lowest BCUT2D eigenvalue weighted by atomic mass is 10.2. The SMILES string of the molecule is Cc1cc(/C=C2/SC(=S)N(CC(=O)O)C2=O)c(C)n1-c1ccc(Cl)c(Cl)c1. The zero-order chi connectivity index (χ0) is 19.9. The number of carbonyl (C=O) groups is 2. The Bertz CT molecular complexity index is 1010. The third-order valence-corrected chi connectivity index (χ3v) is 6.20. The van der Waals surface area contributed by atoms with E-state index in [0.717, 1.165) is 39.3 Å². The fraction of sp³-hybridized carbons (Fsp3) is 0.167. The molecule has 0 radical (unpaired) electrons. The van der Waals surface area contributed by atoms with Gasteiger partial charge in [-0.3, -0.25) is 14.5 Å². The van der Waals surface area contributed by atoms with Crippen molar-refractivity contribution in [2.45, 2.75) is 13.8 Å². The van der Waals surface area contributed by atoms with Crippen molar-refractivity contribution in [2.75, 3.05) is 6.54 Å². The molecule has 1 aliphatic rings. The topological polar surface area (TPSA) is 62.5 Å². The van der Waals surface area contributed by atoms with Crippen LogP contribution in [0.15, 0.2) is 29.2 Å². The average Bonchev–Trinajstić information content (AvgIpc) is 3.01. The van der Waals surface area contributed by atoms with Crippen molar-refractivity contribution in [3.63, 3.8) is 0 Å². The summed E-state index contributed by atoms with van der Waals surface area (Å²) in [4.78, 5) is 24.9. The summed E-state index contributed by atoms with van der Waals surface area (Å²) in [6, 6.07) is 7.32. The number of rotatable bonds is 4. The molecule has 0 aliphatic carbocycles. The van der Waals surface area contributed by atoms with Crippen LogP contribution in [0.1, 0.15) is 17.0 Å². The number of amides is 1. The Morgan fingerprint density at radius 2 is 1.96 bits per heavy atom. The van der Waals surface area contributed by atoms with Gasteiger partial charge in [-0.2, -0.15) is 0 Å². The molecular weight excluding hydrogens is 427 g/mol. The number of carboxylic acids is 1. The van der Waals surface area contributed by atoms with E-state index in [0.29, 0.717) is 15.0 Å². The van der Waals surface area contributed by atoms with E-state index in [1.807, 2.05) is 30.5 Å². The molecule has 3 rings (SSSR count). The number of aryl methyl sites for hydroxylation is 1. The largest absolute Gasteiger partial charge is 0.480 e. The van der Waals surface area contributed by atoms with E-state index in [4.69, 9.17) is 40.5 Å². The highest BCUT2D eigenvalue weighted by Crippen LogP contribution is 2.34. The zero-order valence-corrected chi connectivity index (χ0v) is 17.5. The van der Waals surface area contributed by atoms with Crippen molar-refractivity contribution in [1.29, 1.82) is 0 Å². The van der Waals surface area contributed by atoms with E-state index >= 15 is 0 Å². The molecule has 1 fully saturated rings. The van der Waals surface area contributed by atoms with Crippen LogP contribution in [0.3, 0.4) is 0 Å². The Hall–Kier alpha value is -1.80. The quantitative estimate of drug-likeness (QED) is 0.551. The summed E-state index contributed by atoms with van der Waals surface area (Å²) in [5.74, 6) is -1.50. The zero-order valence-electron chi connectivity index (χ0n) is 14.3. The van der Waals surface area contributed by atoms with Crippen LogP contribution >= 0.6 is 47.2 Å². The minimum absolute atomic E-state index is 0.243. The van der Waals surface area contributed by atoms with Gasteiger partial charge in [-0.05, 0) is 49.8 Å². The van der Waals surface area contributed by atoms with Crippen molar-refractivity contribution in [1.82, 2.24) is 9.47 Å². The minimum Gasteiger partial charge on any atom is -0.480 e. The Kier molecular flexibility index (Phi) is 5.67. The number of thiocarbonyl (C=S) groups is 1. The molecule has 1 saturated heterocycles. The molecule has 2 heterocycles. The highest BCUT2D eigenvalue weighted by atomic mass is 35.5. The molecule has 0 atom stereocenters. The Morgan fingerprint density at radius 3 is 2.59 bits per heavy atom. The number of aromatic nitrogens is 1. The van der Waals surface area contributed by atoms with Gasteiger partial charge in [0, 0.05) is 17.1 Å². The lowest BCUT2D eigenvalue weighted by molar-refractivity contribution is -0.140. The molecule has 0 bridgehead atoms. The predicted octanol–water partition coefficient (Wildman–Crippen LogP) is 4.69. The number of hydrogen-bond donors (Lipinski definition) is 1. The van der Waals surface area contributed by atoms with Gasteiger partial charge >= 0.3 is 5.97 Å². The summed E-state index contributed by atoms with van der Waals surface area (Å²) < 4.78 is 2.25. The predicted molar refractivity (Wildman–Crippen MR) is 113 cm³/mol. The summed E-state index contributed by atoms with van der Waals surface area (Å²) >= 11 is 18.4. The van der Waals surface area contributed by atoms with Gasteiger partial charge in [0.1, 0.15) is 10.9 Å². The average molecular weight is 441 g/mol. The molecule has 27 heavy (non-hydrogen) atoms. The van der Waals surface area contributed by atoms with Crippen molar-refractivity contribution < 1.29 is 14.7 Å². The van der Waals surface area contributed by atoms with Gasteiger partial charge in [0.25, 0.3) is 5.91 Å². The van der Waals surface area contributed by atoms with Gasteiger partial charge in [0.2, 0.25) is 0 Å². The number of aliphatic carboxylic acids is 1. The van der Waals surface area contributed by atoms with Crippen molar-refractivity contribution in [2.24, 2.45) is 0 Å². The summed E-state index contributed by atoms with van der Waals surface area (Å²) in [5.41, 5.74) is 3.57. The Balaban J connectivity index is 1.99. The lowest BCUT2D eigenvalue weighted by Gasteiger charge is -2.11. The minimum atomic E-state index is -1.11. The van der Waals surface area contributed by atoms with E-state index in [9.17, 15) is 9.59 Å². The van der Waals surface area contributed by atoms with Gasteiger partial charge < -0.3 is 9.67 Å². The first-order valence-electron chi connectivity index (χ1n) is 7.80. The molecule has 5 nitrogen and oxygen atoms in total. The van der Waals surface area contributed by atoms with E-state index in [2.05, 4.69) is 0 Å². The second-order valence-electron chi connectivity index (χ2n) is 5.92. The van der Waals surface area contributed by atoms with E-state index < -0.39 is 18.4 Å². The third-order valence-electron chi connectivity index (χ3n) is 4.09. The van der Waals surface area contributed by atoms with E-state index in [1.54, 1.807) is 18.2 Å². The summed E-state index contributed by atoms with van der Waals surface area (Å²) in [5, 5.41) is 9.86. The summed E-state index contributed by atoms with van der Waals surface area (Å²) in [6.07, 6.45) is 1.73. The molecule has 140 valence electrons. The van der Waals surface area contributed by atoms with Gasteiger partial charge in [0.05, 0.1) is 15.0 Å². The molecule has 1 amide bonds. The third kappa shape index (κ3) is 3.91. The number of benzene rings is 1. The summed E-state index contributed by atoms with van der Waals surface area (Å²) in [6.45, 7) is 3.44. The maximum atomic E-state index is 12.5. The second kappa shape index (κ2) is 7.67. The Labute approximate surface area is 175 Å². The van der Waals surface area contributed by atoms with Crippen LogP contribution in [0.5, 0.6) is 0 Å². The van der Waals surface area contributed by atoms with Gasteiger partial charge in [-0.25, -0.2) is 0 Å². The van der Waals surface area contributed by atoms with Crippen LogP contribution in [0.2, 0.25) is 10.0 Å². The molecule has 0 unspecified atom stereocenters. The van der Waals surface area contributed by atoms with Crippen molar-refractivity contribution >= 4 is 69.5 Å². The smallest absolute Gasteiger partial charge is 0.323 e. The molecule has 1 aromatic heterocycles. The molecule has 1 N–H and O–H groups in total. The van der Waals surface area contributed by atoms with Crippen LogP contribution in [0.4, 0.5) is 0 Å². The summed E-state index contributed by atoms with van der Waals surface area (Å²) in [7, 11) is 0. The van der Waals surface area contributed by atoms with Crippen LogP contribution < -0.4 is 0 Å². The first kappa shape index (κ1) is 19.9. The number of halogens is 2. The number of nitrogens with zero attached hydrogens (tertiary/aromatic N) is 2. The maximum Gasteiger partial charge on any atom is 0.323 e. The monoisotopic (exact) mass is 440 g/mol. The van der Waals surface area contributed by atoms with Crippen LogP contribution in [-0.2, 0) is 9.59 Å². The van der Waals surface area contributed by atoms with Crippen LogP contribution in [-0.4, -0.2) is 37.3 Å². The molecule has 1 aromatic carbocycles. The standard InChI is InChI=1S/C18H14Cl2N2O3S2/c1-9-5-11(6-15-17(25)21(8-16(23)24)18(26)27-15)10(2)22(9)12-3-4-13(19)14(20)7-12/h3-7H,8H2,1-2H3,(H,23,24)/b15-6+. The van der Waals surface area contributed by atoms with Crippen LogP contribution in [0.25, 0.3) is 11.8 Å². The highest BCUT2D eigenvalue weighted by molar-refractivity contribution is 8.26. The molecule has 0 saturated carbocycles. The van der Waals surface area contributed by atoms with Crippen molar-refractivity contribution in [3.05, 3.63) is 56.2 Å². The maximum absolute atomic E-state index is 12.5. The first-order chi connectivity index (χ1) is 12.7.